The maximum atomic E-state index is 16.7. The Hall–Kier alpha value is -7.35. The number of hydrogen-bond acceptors (Lipinski definition) is 12. The molecule has 3 fully saturated rings. The van der Waals surface area contributed by atoms with Gasteiger partial charge in [-0.3, -0.25) is 19.3 Å². The summed E-state index contributed by atoms with van der Waals surface area (Å²) in [4.78, 5) is 79.4. The largest absolute Gasteiger partial charge is 0.491 e. The third kappa shape index (κ3) is 9.78. The van der Waals surface area contributed by atoms with Crippen LogP contribution in [0.25, 0.3) is 0 Å². The van der Waals surface area contributed by atoms with Crippen molar-refractivity contribution in [3.63, 3.8) is 0 Å². The van der Waals surface area contributed by atoms with Crippen molar-refractivity contribution in [2.45, 2.75) is 99.8 Å². The van der Waals surface area contributed by atoms with Crippen LogP contribution in [-0.4, -0.2) is 94.6 Å². The first-order valence-electron chi connectivity index (χ1n) is 25.4. The van der Waals surface area contributed by atoms with Crippen molar-refractivity contribution in [1.82, 2.24) is 15.5 Å². The number of imide groups is 1. The molecule has 8 atom stereocenters. The molecule has 0 radical (unpaired) electrons. The summed E-state index contributed by atoms with van der Waals surface area (Å²) < 4.78 is 17.5. The first-order chi connectivity index (χ1) is 35.8. The fraction of sp³-hybridized carbons (Fsp3) is 0.373. The monoisotopic (exact) mass is 1000 g/mol. The molecule has 3 aliphatic heterocycles. The standard InChI is InChI=1S/C59H62N4O11/c1-37(2)48(54(67)72-3)61-57(70)62-45-28-23-38(29-32-58(71)30-15-4-5-16-31-58)35-44(45)59(56(62)69)47(53(66)60-36-46(65)39-17-9-6-10-18-39)50-55(68)74-51(41-21-13-8-14-22-41)49(40-19-11-7-12-20-40)63(50)52(59)42-24-26-43(27-25-42)73-34-33-64/h6-14,17-28,35,37,46-52,64-65,71H,4-5,15-16,30-31,33-34,36H2,1-3H3,(H,60,66)(H,61,70)/t46-,47-,48-,49-,50-,51+,52+,59-/m0/s1. The second-order valence-electron chi connectivity index (χ2n) is 19.8. The van der Waals surface area contributed by atoms with Gasteiger partial charge in [0.1, 0.15) is 41.6 Å². The normalized spacial score (nSPS) is 23.8. The molecule has 15 nitrogen and oxygen atoms in total. The van der Waals surface area contributed by atoms with Crippen LogP contribution in [0.15, 0.2) is 133 Å². The van der Waals surface area contributed by atoms with Crippen LogP contribution in [-0.2, 0) is 34.1 Å². The number of benzene rings is 5. The molecule has 5 aromatic carbocycles. The average molecular weight is 1000 g/mol. The van der Waals surface area contributed by atoms with Crippen molar-refractivity contribution in [3.05, 3.63) is 167 Å². The van der Waals surface area contributed by atoms with Crippen molar-refractivity contribution in [2.75, 3.05) is 31.8 Å². The molecule has 2 saturated heterocycles. The van der Waals surface area contributed by atoms with Crippen molar-refractivity contribution in [3.8, 4) is 17.6 Å². The lowest BCUT2D eigenvalue weighted by atomic mass is 9.65. The second kappa shape index (κ2) is 22.0. The molecule has 1 saturated carbocycles. The zero-order chi connectivity index (χ0) is 52.1. The fourth-order valence-electron chi connectivity index (χ4n) is 11.4. The van der Waals surface area contributed by atoms with Gasteiger partial charge in [-0.25, -0.2) is 14.5 Å². The number of anilines is 1. The Balaban J connectivity index is 1.33. The van der Waals surface area contributed by atoms with E-state index in [1.807, 2.05) is 65.6 Å². The van der Waals surface area contributed by atoms with Gasteiger partial charge in [-0.05, 0) is 89.8 Å². The van der Waals surface area contributed by atoms with E-state index in [1.165, 1.54) is 7.11 Å². The number of morpholine rings is 1. The Morgan fingerprint density at radius 2 is 1.45 bits per heavy atom. The van der Waals surface area contributed by atoms with Gasteiger partial charge in [0.25, 0.3) is 0 Å². The highest BCUT2D eigenvalue weighted by Crippen LogP contribution is 2.66. The number of amides is 4. The van der Waals surface area contributed by atoms with Gasteiger partial charge in [0, 0.05) is 12.1 Å². The number of ether oxygens (including phenoxy) is 3. The summed E-state index contributed by atoms with van der Waals surface area (Å²) in [5.41, 5.74) is -0.572. The van der Waals surface area contributed by atoms with E-state index in [0.29, 0.717) is 46.4 Å². The molecule has 15 heteroatoms. The molecule has 3 heterocycles. The van der Waals surface area contributed by atoms with Crippen molar-refractivity contribution in [1.29, 1.82) is 0 Å². The Kier molecular flexibility index (Phi) is 15.3. The van der Waals surface area contributed by atoms with Gasteiger partial charge in [0.05, 0.1) is 43.5 Å². The summed E-state index contributed by atoms with van der Waals surface area (Å²) in [6.45, 7) is 2.87. The summed E-state index contributed by atoms with van der Waals surface area (Å²) in [5.74, 6) is 1.33. The molecular formula is C59H62N4O11. The molecular weight excluding hydrogens is 941 g/mol. The lowest BCUT2D eigenvalue weighted by molar-refractivity contribution is -0.178. The van der Waals surface area contributed by atoms with E-state index in [1.54, 1.807) is 86.6 Å². The molecule has 384 valence electrons. The van der Waals surface area contributed by atoms with Gasteiger partial charge in [0.2, 0.25) is 11.8 Å². The van der Waals surface area contributed by atoms with E-state index in [-0.39, 0.29) is 31.0 Å². The van der Waals surface area contributed by atoms with Crippen LogP contribution in [0.3, 0.4) is 0 Å². The molecule has 1 aliphatic carbocycles. The van der Waals surface area contributed by atoms with Gasteiger partial charge in [-0.15, -0.1) is 0 Å². The van der Waals surface area contributed by atoms with Gasteiger partial charge in [0.15, 0.2) is 0 Å². The molecule has 4 amide bonds. The van der Waals surface area contributed by atoms with E-state index < -0.39 is 89.0 Å². The quantitative estimate of drug-likeness (QED) is 0.0464. The van der Waals surface area contributed by atoms with Crippen LogP contribution in [0.1, 0.15) is 110 Å². The number of nitrogens with zero attached hydrogens (tertiary/aromatic N) is 2. The molecule has 4 aliphatic rings. The van der Waals surface area contributed by atoms with Crippen molar-refractivity contribution >= 4 is 35.5 Å². The molecule has 0 unspecified atom stereocenters. The first kappa shape index (κ1) is 51.5. The number of nitrogens with one attached hydrogen (secondary N) is 2. The number of fused-ring (bicyclic) bond motifs is 3. The zero-order valence-corrected chi connectivity index (χ0v) is 41.7. The second-order valence-corrected chi connectivity index (χ2v) is 19.8. The van der Waals surface area contributed by atoms with E-state index in [0.717, 1.165) is 30.6 Å². The highest BCUT2D eigenvalue weighted by atomic mass is 16.6. The number of esters is 2. The Morgan fingerprint density at radius 1 is 0.811 bits per heavy atom. The number of carbonyl (C=O) groups is 5. The number of aliphatic hydroxyl groups is 3. The minimum absolute atomic E-state index is 0.00349. The Morgan fingerprint density at radius 3 is 2.07 bits per heavy atom. The number of urea groups is 1. The SMILES string of the molecule is COC(=O)[C@@H](NC(=O)N1C(=O)[C@@]2(c3cc(C#CC4(O)CCCCCC4)ccc31)[C@H](C(=O)NC[C@H](O)c1ccccc1)[C@H]1C(=O)O[C@H](c3ccccc3)[C@H](c3ccccc3)N1[C@@H]2c1ccc(OCCO)cc1)C(C)C. The summed E-state index contributed by atoms with van der Waals surface area (Å²) in [5, 5.41) is 38.6. The number of hydrogen-bond donors (Lipinski definition) is 5. The third-order valence-corrected chi connectivity index (χ3v) is 14.9. The first-order valence-corrected chi connectivity index (χ1v) is 25.4. The Labute approximate surface area is 430 Å². The zero-order valence-electron chi connectivity index (χ0n) is 41.7. The van der Waals surface area contributed by atoms with Gasteiger partial charge in [-0.2, -0.15) is 0 Å². The average Bonchev–Trinajstić information content (AvgIpc) is 3.76. The van der Waals surface area contributed by atoms with Gasteiger partial charge < -0.3 is 40.2 Å². The molecule has 9 rings (SSSR count). The van der Waals surface area contributed by atoms with Crippen LogP contribution >= 0.6 is 0 Å². The highest BCUT2D eigenvalue weighted by molar-refractivity contribution is 6.25. The van der Waals surface area contributed by atoms with E-state index in [4.69, 9.17) is 14.2 Å². The number of rotatable bonds is 13. The highest BCUT2D eigenvalue weighted by Gasteiger charge is 2.75. The van der Waals surface area contributed by atoms with Crippen LogP contribution in [0, 0.1) is 23.7 Å². The minimum Gasteiger partial charge on any atom is -0.491 e. The van der Waals surface area contributed by atoms with Crippen molar-refractivity contribution < 1.29 is 53.5 Å². The van der Waals surface area contributed by atoms with Crippen LogP contribution < -0.4 is 20.3 Å². The van der Waals surface area contributed by atoms with Crippen LogP contribution in [0.5, 0.6) is 5.75 Å². The van der Waals surface area contributed by atoms with Crippen LogP contribution in [0.4, 0.5) is 10.5 Å². The number of aliphatic hydroxyl groups excluding tert-OH is 2. The van der Waals surface area contributed by atoms with Crippen LogP contribution in [0.2, 0.25) is 0 Å². The predicted octanol–water partition coefficient (Wildman–Crippen LogP) is 6.92. The summed E-state index contributed by atoms with van der Waals surface area (Å²) >= 11 is 0. The fourth-order valence-corrected chi connectivity index (χ4v) is 11.4. The molecule has 5 aromatic rings. The van der Waals surface area contributed by atoms with E-state index >= 15 is 19.2 Å². The maximum Gasteiger partial charge on any atom is 0.329 e. The topological polar surface area (TPSA) is 204 Å². The van der Waals surface area contributed by atoms with E-state index in [9.17, 15) is 20.1 Å². The lowest BCUT2D eigenvalue weighted by Crippen LogP contribution is -2.58. The number of carbonyl (C=O) groups excluding carboxylic acids is 5. The molecule has 74 heavy (non-hydrogen) atoms. The minimum atomic E-state index is -2.19. The summed E-state index contributed by atoms with van der Waals surface area (Å²) in [6.07, 6.45) is 2.27. The van der Waals surface area contributed by atoms with Crippen molar-refractivity contribution in [2.24, 2.45) is 11.8 Å². The molecule has 0 bridgehead atoms. The van der Waals surface area contributed by atoms with E-state index in [2.05, 4.69) is 22.5 Å². The summed E-state index contributed by atoms with van der Waals surface area (Å²) in [6, 6.07) is 33.1. The third-order valence-electron chi connectivity index (χ3n) is 14.9. The van der Waals surface area contributed by atoms with Gasteiger partial charge >= 0.3 is 18.0 Å². The molecule has 5 N–H and O–H groups in total. The smallest absolute Gasteiger partial charge is 0.329 e. The predicted molar refractivity (Wildman–Crippen MR) is 274 cm³/mol. The Bertz CT molecular complexity index is 2900. The maximum absolute atomic E-state index is 16.7. The molecule has 0 aromatic heterocycles. The number of cyclic esters (lactones) is 1. The lowest BCUT2D eigenvalue weighted by Gasteiger charge is -2.46. The van der Waals surface area contributed by atoms with Gasteiger partial charge in [-0.1, -0.05) is 142 Å². The summed E-state index contributed by atoms with van der Waals surface area (Å²) in [7, 11) is 1.20. The number of methoxy groups -OCH3 is 1. The molecule has 1 spiro atoms.